The molecule has 6 nitrogen and oxygen atoms in total. The molecule has 0 unspecified atom stereocenters. The zero-order chi connectivity index (χ0) is 13.8. The normalized spacial score (nSPS) is 10.7. The number of halogens is 2. The van der Waals surface area contributed by atoms with Crippen molar-refractivity contribution in [1.82, 2.24) is 20.2 Å². The Morgan fingerprint density at radius 3 is 2.63 bits per heavy atom. The number of alkyl halides is 2. The molecular formula is C11H10F2N4O2. The van der Waals surface area contributed by atoms with Crippen LogP contribution in [0.4, 0.5) is 8.78 Å². The van der Waals surface area contributed by atoms with Gasteiger partial charge in [-0.25, -0.2) is 13.6 Å². The molecule has 0 radical (unpaired) electrons. The Morgan fingerprint density at radius 1 is 1.37 bits per heavy atom. The summed E-state index contributed by atoms with van der Waals surface area (Å²) in [6.07, 6.45) is -2.54. The van der Waals surface area contributed by atoms with Crippen LogP contribution < -0.4 is 0 Å². The highest BCUT2D eigenvalue weighted by atomic mass is 19.3. The van der Waals surface area contributed by atoms with Crippen LogP contribution in [-0.2, 0) is 11.3 Å². The third-order valence-electron chi connectivity index (χ3n) is 2.32. The van der Waals surface area contributed by atoms with Gasteiger partial charge in [0.15, 0.2) is 0 Å². The smallest absolute Gasteiger partial charge is 0.337 e. The fourth-order valence-electron chi connectivity index (χ4n) is 1.43. The largest absolute Gasteiger partial charge is 0.465 e. The van der Waals surface area contributed by atoms with Crippen LogP contribution >= 0.6 is 0 Å². The Morgan fingerprint density at radius 2 is 2.05 bits per heavy atom. The molecule has 0 spiro atoms. The molecule has 0 N–H and O–H groups in total. The minimum atomic E-state index is -2.54. The van der Waals surface area contributed by atoms with Gasteiger partial charge in [0.25, 0.3) is 6.43 Å². The van der Waals surface area contributed by atoms with Crippen LogP contribution in [0.3, 0.4) is 0 Å². The fourth-order valence-corrected chi connectivity index (χ4v) is 1.43. The van der Waals surface area contributed by atoms with Gasteiger partial charge in [-0.05, 0) is 17.3 Å². The van der Waals surface area contributed by atoms with Gasteiger partial charge in [0.05, 0.1) is 12.7 Å². The SMILES string of the molecule is COC(=O)c1ccc(-c2nnn(CC(F)F)n2)cc1. The molecule has 2 rings (SSSR count). The molecule has 100 valence electrons. The highest BCUT2D eigenvalue weighted by molar-refractivity contribution is 5.89. The van der Waals surface area contributed by atoms with Gasteiger partial charge >= 0.3 is 5.97 Å². The summed E-state index contributed by atoms with van der Waals surface area (Å²) in [5.74, 6) is -0.238. The van der Waals surface area contributed by atoms with Crippen LogP contribution in [0.1, 0.15) is 10.4 Å². The summed E-state index contributed by atoms with van der Waals surface area (Å²) in [4.78, 5) is 12.1. The Bertz CT molecular complexity index is 568. The number of benzene rings is 1. The molecule has 2 aromatic rings. The predicted octanol–water partition coefficient (Wildman–Crippen LogP) is 1.39. The second kappa shape index (κ2) is 5.51. The minimum Gasteiger partial charge on any atom is -0.465 e. The maximum Gasteiger partial charge on any atom is 0.337 e. The lowest BCUT2D eigenvalue weighted by atomic mass is 10.1. The molecule has 0 aliphatic heterocycles. The Hall–Kier alpha value is -2.38. The number of ether oxygens (including phenoxy) is 1. The first kappa shape index (κ1) is 13.1. The van der Waals surface area contributed by atoms with Gasteiger partial charge in [-0.15, -0.1) is 10.2 Å². The summed E-state index contributed by atoms with van der Waals surface area (Å²) < 4.78 is 28.8. The minimum absolute atomic E-state index is 0.220. The van der Waals surface area contributed by atoms with E-state index in [1.54, 1.807) is 12.1 Å². The highest BCUT2D eigenvalue weighted by Crippen LogP contribution is 2.15. The van der Waals surface area contributed by atoms with E-state index in [1.165, 1.54) is 19.2 Å². The van der Waals surface area contributed by atoms with Crippen molar-refractivity contribution >= 4 is 5.97 Å². The van der Waals surface area contributed by atoms with E-state index in [2.05, 4.69) is 20.1 Å². The van der Waals surface area contributed by atoms with Crippen molar-refractivity contribution in [2.45, 2.75) is 13.0 Å². The number of hydrogen-bond donors (Lipinski definition) is 0. The summed E-state index contributed by atoms with van der Waals surface area (Å²) in [6, 6.07) is 6.26. The summed E-state index contributed by atoms with van der Waals surface area (Å²) in [5, 5.41) is 11.0. The Balaban J connectivity index is 2.18. The van der Waals surface area contributed by atoms with Crippen molar-refractivity contribution in [2.24, 2.45) is 0 Å². The number of aromatic nitrogens is 4. The van der Waals surface area contributed by atoms with Gasteiger partial charge in [-0.2, -0.15) is 4.80 Å². The average Bonchev–Trinajstić information content (AvgIpc) is 2.85. The Labute approximate surface area is 107 Å². The number of nitrogens with zero attached hydrogens (tertiary/aromatic N) is 4. The van der Waals surface area contributed by atoms with Gasteiger partial charge in [-0.3, -0.25) is 0 Å². The highest BCUT2D eigenvalue weighted by Gasteiger charge is 2.11. The summed E-state index contributed by atoms with van der Waals surface area (Å²) in [6.45, 7) is -0.604. The maximum absolute atomic E-state index is 12.1. The monoisotopic (exact) mass is 268 g/mol. The van der Waals surface area contributed by atoms with Crippen LogP contribution in [0, 0.1) is 0 Å². The molecule has 0 saturated carbocycles. The quantitative estimate of drug-likeness (QED) is 0.784. The third-order valence-corrected chi connectivity index (χ3v) is 2.32. The number of tetrazole rings is 1. The molecule has 1 aromatic heterocycles. The van der Waals surface area contributed by atoms with Gasteiger partial charge in [0.2, 0.25) is 5.82 Å². The summed E-state index contributed by atoms with van der Waals surface area (Å²) in [5.41, 5.74) is 0.958. The first-order valence-corrected chi connectivity index (χ1v) is 5.35. The van der Waals surface area contributed by atoms with E-state index in [9.17, 15) is 13.6 Å². The third kappa shape index (κ3) is 3.09. The van der Waals surface area contributed by atoms with Gasteiger partial charge in [-0.1, -0.05) is 12.1 Å². The van der Waals surface area contributed by atoms with Gasteiger partial charge in [0.1, 0.15) is 6.54 Å². The summed E-state index contributed by atoms with van der Waals surface area (Å²) in [7, 11) is 1.29. The Kier molecular flexibility index (Phi) is 3.79. The van der Waals surface area contributed by atoms with E-state index in [4.69, 9.17) is 0 Å². The van der Waals surface area contributed by atoms with E-state index in [0.29, 0.717) is 11.1 Å². The van der Waals surface area contributed by atoms with Gasteiger partial charge < -0.3 is 4.74 Å². The molecule has 0 fully saturated rings. The van der Waals surface area contributed by atoms with Crippen molar-refractivity contribution in [2.75, 3.05) is 7.11 Å². The number of carbonyl (C=O) groups excluding carboxylic acids is 1. The number of carbonyl (C=O) groups is 1. The van der Waals surface area contributed by atoms with E-state index in [0.717, 1.165) is 4.80 Å². The van der Waals surface area contributed by atoms with Crippen LogP contribution in [-0.4, -0.2) is 39.7 Å². The molecule has 0 aliphatic carbocycles. The van der Waals surface area contributed by atoms with Crippen molar-refractivity contribution in [1.29, 1.82) is 0 Å². The zero-order valence-electron chi connectivity index (χ0n) is 9.96. The first-order chi connectivity index (χ1) is 9.10. The van der Waals surface area contributed by atoms with E-state index >= 15 is 0 Å². The van der Waals surface area contributed by atoms with E-state index in [-0.39, 0.29) is 5.82 Å². The van der Waals surface area contributed by atoms with Gasteiger partial charge in [0, 0.05) is 5.56 Å². The van der Waals surface area contributed by atoms with Crippen molar-refractivity contribution in [3.05, 3.63) is 29.8 Å². The maximum atomic E-state index is 12.1. The van der Waals surface area contributed by atoms with Crippen LogP contribution in [0.15, 0.2) is 24.3 Å². The van der Waals surface area contributed by atoms with Crippen LogP contribution in [0.5, 0.6) is 0 Å². The zero-order valence-corrected chi connectivity index (χ0v) is 9.96. The topological polar surface area (TPSA) is 69.9 Å². The fraction of sp³-hybridized carbons (Fsp3) is 0.273. The number of hydrogen-bond acceptors (Lipinski definition) is 5. The molecule has 1 heterocycles. The van der Waals surface area contributed by atoms with Crippen LogP contribution in [0.2, 0.25) is 0 Å². The molecule has 0 amide bonds. The standard InChI is InChI=1S/C11H10F2N4O2/c1-19-11(18)8-4-2-7(3-5-8)10-14-16-17(15-10)6-9(12)13/h2-5,9H,6H2,1H3. The van der Waals surface area contributed by atoms with Crippen LogP contribution in [0.25, 0.3) is 11.4 Å². The lowest BCUT2D eigenvalue weighted by Crippen LogP contribution is -2.09. The number of rotatable bonds is 4. The lowest BCUT2D eigenvalue weighted by Gasteiger charge is -1.99. The number of methoxy groups -OCH3 is 1. The molecule has 0 saturated heterocycles. The van der Waals surface area contributed by atoms with Crippen molar-refractivity contribution < 1.29 is 18.3 Å². The molecule has 19 heavy (non-hydrogen) atoms. The first-order valence-electron chi connectivity index (χ1n) is 5.35. The molecular weight excluding hydrogens is 258 g/mol. The predicted molar refractivity (Wildman–Crippen MR) is 60.6 cm³/mol. The molecule has 0 aliphatic rings. The summed E-state index contributed by atoms with van der Waals surface area (Å²) >= 11 is 0. The molecule has 1 aromatic carbocycles. The van der Waals surface area contributed by atoms with Crippen molar-refractivity contribution in [3.8, 4) is 11.4 Å². The molecule has 8 heteroatoms. The second-order valence-corrected chi connectivity index (χ2v) is 3.63. The van der Waals surface area contributed by atoms with E-state index in [1.807, 2.05) is 0 Å². The molecule has 0 bridgehead atoms. The second-order valence-electron chi connectivity index (χ2n) is 3.63. The van der Waals surface area contributed by atoms with E-state index < -0.39 is 18.9 Å². The van der Waals surface area contributed by atoms with Crippen molar-refractivity contribution in [3.63, 3.8) is 0 Å². The average molecular weight is 268 g/mol. The lowest BCUT2D eigenvalue weighted by molar-refractivity contribution is 0.0600. The molecule has 0 atom stereocenters. The number of esters is 1.